The van der Waals surface area contributed by atoms with Gasteiger partial charge in [-0.2, -0.15) is 0 Å². The van der Waals surface area contributed by atoms with Gasteiger partial charge in [-0.05, 0) is 31.0 Å². The van der Waals surface area contributed by atoms with E-state index in [-0.39, 0.29) is 25.0 Å². The molecule has 1 aliphatic rings. The van der Waals surface area contributed by atoms with E-state index in [4.69, 9.17) is 9.47 Å². The largest absolute Gasteiger partial charge is 0.491 e. The number of carbonyl (C=O) groups excluding carboxylic acids is 1. The van der Waals surface area contributed by atoms with Crippen molar-refractivity contribution < 1.29 is 24.5 Å². The fraction of sp³-hybridized carbons (Fsp3) is 0.632. The molecule has 26 heavy (non-hydrogen) atoms. The summed E-state index contributed by atoms with van der Waals surface area (Å²) >= 11 is 0. The number of nitrogens with one attached hydrogen (secondary N) is 1. The van der Waals surface area contributed by atoms with Crippen LogP contribution < -0.4 is 10.1 Å². The van der Waals surface area contributed by atoms with Gasteiger partial charge in [0, 0.05) is 39.2 Å². The van der Waals surface area contributed by atoms with Crippen LogP contribution in [0.5, 0.6) is 5.75 Å². The van der Waals surface area contributed by atoms with Gasteiger partial charge in [0.2, 0.25) is 5.91 Å². The number of ether oxygens (including phenoxy) is 2. The van der Waals surface area contributed by atoms with Crippen molar-refractivity contribution in [1.29, 1.82) is 0 Å². The minimum absolute atomic E-state index is 0.135. The maximum atomic E-state index is 11.5. The van der Waals surface area contributed by atoms with Gasteiger partial charge in [-0.15, -0.1) is 0 Å². The summed E-state index contributed by atoms with van der Waals surface area (Å²) in [6.45, 7) is 6.22. The zero-order valence-corrected chi connectivity index (χ0v) is 15.6. The Morgan fingerprint density at radius 1 is 1.23 bits per heavy atom. The molecule has 3 atom stereocenters. The Morgan fingerprint density at radius 3 is 2.62 bits per heavy atom. The second-order valence-electron chi connectivity index (χ2n) is 6.56. The number of carbonyl (C=O) groups is 1. The number of nitrogens with zero attached hydrogens (tertiary/aromatic N) is 1. The van der Waals surface area contributed by atoms with Crippen molar-refractivity contribution in [2.45, 2.75) is 45.1 Å². The van der Waals surface area contributed by atoms with Crippen molar-refractivity contribution in [3.8, 4) is 5.75 Å². The fourth-order valence-electron chi connectivity index (χ4n) is 3.00. The lowest BCUT2D eigenvalue weighted by atomic mass is 10.0. The first-order valence-electron chi connectivity index (χ1n) is 9.14. The predicted molar refractivity (Wildman–Crippen MR) is 97.9 cm³/mol. The third-order valence-electron chi connectivity index (χ3n) is 4.47. The highest BCUT2D eigenvalue weighted by Gasteiger charge is 2.30. The number of likely N-dealkylation sites (tertiary alicyclic amines) is 1. The number of hydrogen-bond donors (Lipinski definition) is 3. The number of hydrogen-bond acceptors (Lipinski definition) is 6. The molecule has 1 aliphatic heterocycles. The summed E-state index contributed by atoms with van der Waals surface area (Å²) in [5.41, 5.74) is 1.05. The summed E-state index contributed by atoms with van der Waals surface area (Å²) in [5, 5.41) is 23.7. The molecule has 1 amide bonds. The highest BCUT2D eigenvalue weighted by atomic mass is 16.5. The summed E-state index contributed by atoms with van der Waals surface area (Å²) in [6.07, 6.45) is -0.948. The van der Waals surface area contributed by atoms with Crippen LogP contribution in [0.3, 0.4) is 0 Å². The number of aliphatic hydroxyl groups is 2. The van der Waals surface area contributed by atoms with E-state index in [1.165, 1.54) is 11.8 Å². The SMILES string of the molecule is CCOCCOc1ccc(CN[C@@H]2C[C@@H](O)CN(C(C)=O)C[C@H]2O)cc1. The number of β-amino-alcohol motifs (C(OH)–C–C–N with tert-alkyl or cyclic N) is 2. The van der Waals surface area contributed by atoms with Crippen LogP contribution in [0.15, 0.2) is 24.3 Å². The zero-order valence-electron chi connectivity index (χ0n) is 15.6. The first kappa shape index (κ1) is 20.6. The van der Waals surface area contributed by atoms with Crippen molar-refractivity contribution >= 4 is 5.91 Å². The average molecular weight is 366 g/mol. The van der Waals surface area contributed by atoms with Gasteiger partial charge in [0.1, 0.15) is 12.4 Å². The molecule has 0 radical (unpaired) electrons. The van der Waals surface area contributed by atoms with Gasteiger partial charge >= 0.3 is 0 Å². The summed E-state index contributed by atoms with van der Waals surface area (Å²) in [5.74, 6) is 0.652. The van der Waals surface area contributed by atoms with E-state index >= 15 is 0 Å². The molecule has 1 aromatic carbocycles. The normalized spacial score (nSPS) is 23.5. The number of amides is 1. The second-order valence-corrected chi connectivity index (χ2v) is 6.56. The molecule has 3 N–H and O–H groups in total. The predicted octanol–water partition coefficient (Wildman–Crippen LogP) is 0.534. The van der Waals surface area contributed by atoms with Gasteiger partial charge in [-0.1, -0.05) is 12.1 Å². The van der Waals surface area contributed by atoms with Gasteiger partial charge in [-0.25, -0.2) is 0 Å². The summed E-state index contributed by atoms with van der Waals surface area (Å²) in [7, 11) is 0. The molecular formula is C19H30N2O5. The number of rotatable bonds is 8. The maximum absolute atomic E-state index is 11.5. The topological polar surface area (TPSA) is 91.3 Å². The monoisotopic (exact) mass is 366 g/mol. The summed E-state index contributed by atoms with van der Waals surface area (Å²) < 4.78 is 10.8. The Balaban J connectivity index is 1.82. The Labute approximate surface area is 154 Å². The summed E-state index contributed by atoms with van der Waals surface area (Å²) in [4.78, 5) is 13.0. The Morgan fingerprint density at radius 2 is 1.96 bits per heavy atom. The van der Waals surface area contributed by atoms with Gasteiger partial charge < -0.3 is 29.9 Å². The smallest absolute Gasteiger partial charge is 0.219 e. The van der Waals surface area contributed by atoms with E-state index in [1.807, 2.05) is 31.2 Å². The highest BCUT2D eigenvalue weighted by molar-refractivity contribution is 5.73. The van der Waals surface area contributed by atoms with Crippen molar-refractivity contribution in [2.24, 2.45) is 0 Å². The quantitative estimate of drug-likeness (QED) is 0.582. The molecule has 1 aromatic rings. The molecule has 1 fully saturated rings. The molecular weight excluding hydrogens is 336 g/mol. The van der Waals surface area contributed by atoms with Crippen molar-refractivity contribution in [3.05, 3.63) is 29.8 Å². The minimum atomic E-state index is -0.711. The van der Waals surface area contributed by atoms with Gasteiger partial charge in [0.25, 0.3) is 0 Å². The van der Waals surface area contributed by atoms with Crippen LogP contribution >= 0.6 is 0 Å². The Hall–Kier alpha value is -1.67. The molecule has 1 saturated heterocycles. The lowest BCUT2D eigenvalue weighted by Crippen LogP contribution is -2.44. The van der Waals surface area contributed by atoms with E-state index in [0.29, 0.717) is 32.8 Å². The first-order chi connectivity index (χ1) is 12.5. The summed E-state index contributed by atoms with van der Waals surface area (Å²) in [6, 6.07) is 7.46. The van der Waals surface area contributed by atoms with Crippen LogP contribution in [-0.4, -0.2) is 72.2 Å². The van der Waals surface area contributed by atoms with Crippen molar-refractivity contribution in [3.63, 3.8) is 0 Å². The van der Waals surface area contributed by atoms with Gasteiger partial charge in [0.05, 0.1) is 18.8 Å². The van der Waals surface area contributed by atoms with E-state index in [0.717, 1.165) is 11.3 Å². The average Bonchev–Trinajstić information content (AvgIpc) is 2.76. The lowest BCUT2D eigenvalue weighted by Gasteiger charge is -2.24. The molecule has 146 valence electrons. The van der Waals surface area contributed by atoms with E-state index < -0.39 is 12.2 Å². The van der Waals surface area contributed by atoms with Gasteiger partial charge in [0.15, 0.2) is 0 Å². The third-order valence-corrected chi connectivity index (χ3v) is 4.47. The lowest BCUT2D eigenvalue weighted by molar-refractivity contribution is -0.131. The molecule has 2 rings (SSSR count). The molecule has 0 aliphatic carbocycles. The molecule has 0 unspecified atom stereocenters. The van der Waals surface area contributed by atoms with Crippen LogP contribution in [0, 0.1) is 0 Å². The molecule has 0 aromatic heterocycles. The molecule has 0 saturated carbocycles. The molecule has 7 heteroatoms. The first-order valence-corrected chi connectivity index (χ1v) is 9.14. The van der Waals surface area contributed by atoms with E-state index in [2.05, 4.69) is 5.32 Å². The van der Waals surface area contributed by atoms with Crippen LogP contribution in [0.4, 0.5) is 0 Å². The van der Waals surface area contributed by atoms with Crippen molar-refractivity contribution in [1.82, 2.24) is 10.2 Å². The van der Waals surface area contributed by atoms with E-state index in [1.54, 1.807) is 0 Å². The standard InChI is InChI=1S/C19H30N2O5/c1-3-25-8-9-26-17-6-4-15(5-7-17)11-20-18-10-16(23)12-21(14(2)22)13-19(18)24/h4-7,16,18-20,23-24H,3,8-13H2,1-2H3/t16-,18-,19-/m1/s1. The zero-order chi connectivity index (χ0) is 18.9. The van der Waals surface area contributed by atoms with Crippen LogP contribution in [0.1, 0.15) is 25.8 Å². The fourth-order valence-corrected chi connectivity index (χ4v) is 3.00. The Bertz CT molecular complexity index is 551. The molecule has 1 heterocycles. The molecule has 7 nitrogen and oxygen atoms in total. The van der Waals surface area contributed by atoms with Gasteiger partial charge in [-0.3, -0.25) is 4.79 Å². The van der Waals surface area contributed by atoms with Crippen LogP contribution in [0.2, 0.25) is 0 Å². The van der Waals surface area contributed by atoms with Crippen LogP contribution in [-0.2, 0) is 16.1 Å². The van der Waals surface area contributed by atoms with E-state index in [9.17, 15) is 15.0 Å². The minimum Gasteiger partial charge on any atom is -0.491 e. The molecule has 0 spiro atoms. The molecule has 0 bridgehead atoms. The highest BCUT2D eigenvalue weighted by Crippen LogP contribution is 2.15. The maximum Gasteiger partial charge on any atom is 0.219 e. The Kier molecular flexibility index (Phi) is 8.31. The number of aliphatic hydroxyl groups excluding tert-OH is 2. The second kappa shape index (κ2) is 10.5. The van der Waals surface area contributed by atoms with Crippen molar-refractivity contribution in [2.75, 3.05) is 32.9 Å². The third kappa shape index (κ3) is 6.57. The van der Waals surface area contributed by atoms with Crippen LogP contribution in [0.25, 0.3) is 0 Å². The number of benzene rings is 1.